The zero-order valence-electron chi connectivity index (χ0n) is 8.54. The van der Waals surface area contributed by atoms with Gasteiger partial charge in [0.2, 0.25) is 0 Å². The highest BCUT2D eigenvalue weighted by atomic mass is 19.1. The Balaban J connectivity index is 2.12. The lowest BCUT2D eigenvalue weighted by Gasteiger charge is -2.29. The molecule has 0 aromatic heterocycles. The average Bonchev–Trinajstić information content (AvgIpc) is 2.20. The summed E-state index contributed by atoms with van der Waals surface area (Å²) in [6.07, 6.45) is 2.16. The zero-order chi connectivity index (χ0) is 9.97. The van der Waals surface area contributed by atoms with E-state index in [4.69, 9.17) is 0 Å². The fraction of sp³-hybridized carbons (Fsp3) is 0.500. The number of hydrogen-bond acceptors (Lipinski definition) is 1. The molecule has 0 radical (unpaired) electrons. The first kappa shape index (κ1) is 9.66. The van der Waals surface area contributed by atoms with Gasteiger partial charge in [0.25, 0.3) is 0 Å². The Morgan fingerprint density at radius 2 is 1.86 bits per heavy atom. The Hall–Kier alpha value is -0.890. The SMILES string of the molecule is CN1CCC(c2ccccc2F)CC1. The smallest absolute Gasteiger partial charge is 0.126 e. The highest BCUT2D eigenvalue weighted by Gasteiger charge is 2.20. The lowest BCUT2D eigenvalue weighted by atomic mass is 9.89. The summed E-state index contributed by atoms with van der Waals surface area (Å²) < 4.78 is 13.5. The molecule has 1 aliphatic heterocycles. The predicted molar refractivity (Wildman–Crippen MR) is 55.9 cm³/mol. The third-order valence-electron chi connectivity index (χ3n) is 3.06. The van der Waals surface area contributed by atoms with E-state index in [1.165, 1.54) is 0 Å². The number of piperidine rings is 1. The largest absolute Gasteiger partial charge is 0.306 e. The van der Waals surface area contributed by atoms with Gasteiger partial charge in [0.1, 0.15) is 5.82 Å². The van der Waals surface area contributed by atoms with Gasteiger partial charge in [-0.05, 0) is 50.5 Å². The van der Waals surface area contributed by atoms with Crippen molar-refractivity contribution in [3.8, 4) is 0 Å². The van der Waals surface area contributed by atoms with Crippen LogP contribution in [0.4, 0.5) is 4.39 Å². The van der Waals surface area contributed by atoms with Crippen LogP contribution in [-0.4, -0.2) is 25.0 Å². The third kappa shape index (κ3) is 1.95. The van der Waals surface area contributed by atoms with Crippen molar-refractivity contribution in [2.45, 2.75) is 18.8 Å². The van der Waals surface area contributed by atoms with E-state index in [1.54, 1.807) is 12.1 Å². The van der Waals surface area contributed by atoms with Gasteiger partial charge in [-0.2, -0.15) is 0 Å². The molecule has 1 aromatic rings. The number of nitrogens with zero attached hydrogens (tertiary/aromatic N) is 1. The van der Waals surface area contributed by atoms with Crippen LogP contribution in [0.25, 0.3) is 0 Å². The molecule has 0 amide bonds. The standard InChI is InChI=1S/C12H16FN/c1-14-8-6-10(7-9-14)11-4-2-3-5-12(11)13/h2-5,10H,6-9H2,1H3. The minimum absolute atomic E-state index is 0.0398. The summed E-state index contributed by atoms with van der Waals surface area (Å²) in [4.78, 5) is 2.30. The first-order valence-electron chi connectivity index (χ1n) is 5.20. The Kier molecular flexibility index (Phi) is 2.82. The Bertz CT molecular complexity index is 303. The minimum atomic E-state index is -0.0398. The van der Waals surface area contributed by atoms with Crippen molar-refractivity contribution in [2.75, 3.05) is 20.1 Å². The molecule has 0 spiro atoms. The molecule has 1 nitrogen and oxygen atoms in total. The summed E-state index contributed by atoms with van der Waals surface area (Å²) in [5.74, 6) is 0.384. The highest BCUT2D eigenvalue weighted by Crippen LogP contribution is 2.28. The molecule has 76 valence electrons. The number of hydrogen-bond donors (Lipinski definition) is 0. The first-order valence-corrected chi connectivity index (χ1v) is 5.20. The maximum absolute atomic E-state index is 13.5. The molecule has 0 N–H and O–H groups in total. The van der Waals surface area contributed by atoms with Crippen molar-refractivity contribution in [3.63, 3.8) is 0 Å². The van der Waals surface area contributed by atoms with Gasteiger partial charge in [-0.1, -0.05) is 18.2 Å². The summed E-state index contributed by atoms with van der Waals surface area (Å²) >= 11 is 0. The Morgan fingerprint density at radius 1 is 1.21 bits per heavy atom. The fourth-order valence-electron chi connectivity index (χ4n) is 2.13. The Labute approximate surface area is 84.5 Å². The molecule has 1 saturated heterocycles. The van der Waals surface area contributed by atoms with E-state index < -0.39 is 0 Å². The topological polar surface area (TPSA) is 3.24 Å². The van der Waals surface area contributed by atoms with Crippen molar-refractivity contribution < 1.29 is 4.39 Å². The molecule has 0 bridgehead atoms. The van der Waals surface area contributed by atoms with Gasteiger partial charge < -0.3 is 4.90 Å². The summed E-state index contributed by atoms with van der Waals surface area (Å²) in [5.41, 5.74) is 0.903. The van der Waals surface area contributed by atoms with Crippen LogP contribution in [0.15, 0.2) is 24.3 Å². The molecule has 0 saturated carbocycles. The van der Waals surface area contributed by atoms with Crippen LogP contribution in [0.2, 0.25) is 0 Å². The lowest BCUT2D eigenvalue weighted by molar-refractivity contribution is 0.253. The van der Waals surface area contributed by atoms with Gasteiger partial charge in [-0.25, -0.2) is 4.39 Å². The second-order valence-electron chi connectivity index (χ2n) is 4.10. The van der Waals surface area contributed by atoms with E-state index >= 15 is 0 Å². The predicted octanol–water partition coefficient (Wildman–Crippen LogP) is 2.63. The van der Waals surface area contributed by atoms with Crippen LogP contribution < -0.4 is 0 Å². The molecule has 2 rings (SSSR count). The van der Waals surface area contributed by atoms with Crippen LogP contribution >= 0.6 is 0 Å². The molecule has 0 atom stereocenters. The van der Waals surface area contributed by atoms with Gasteiger partial charge in [0, 0.05) is 0 Å². The summed E-state index contributed by atoms with van der Waals surface area (Å²) in [6.45, 7) is 2.16. The maximum Gasteiger partial charge on any atom is 0.126 e. The van der Waals surface area contributed by atoms with E-state index in [0.29, 0.717) is 5.92 Å². The number of likely N-dealkylation sites (tertiary alicyclic amines) is 1. The summed E-state index contributed by atoms with van der Waals surface area (Å²) in [7, 11) is 2.12. The van der Waals surface area contributed by atoms with E-state index in [9.17, 15) is 4.39 Å². The van der Waals surface area contributed by atoms with E-state index in [-0.39, 0.29) is 5.82 Å². The van der Waals surface area contributed by atoms with E-state index in [2.05, 4.69) is 11.9 Å². The molecule has 1 aromatic carbocycles. The number of benzene rings is 1. The van der Waals surface area contributed by atoms with Crippen LogP contribution in [0.1, 0.15) is 24.3 Å². The summed E-state index contributed by atoms with van der Waals surface area (Å²) in [6, 6.07) is 7.17. The number of rotatable bonds is 1. The zero-order valence-corrected chi connectivity index (χ0v) is 8.54. The second-order valence-corrected chi connectivity index (χ2v) is 4.10. The van der Waals surface area contributed by atoms with Crippen molar-refractivity contribution in [2.24, 2.45) is 0 Å². The van der Waals surface area contributed by atoms with Crippen LogP contribution in [-0.2, 0) is 0 Å². The van der Waals surface area contributed by atoms with Crippen molar-refractivity contribution in [1.82, 2.24) is 4.90 Å². The maximum atomic E-state index is 13.5. The molecule has 1 heterocycles. The molecule has 0 unspecified atom stereocenters. The monoisotopic (exact) mass is 193 g/mol. The second kappa shape index (κ2) is 4.09. The quantitative estimate of drug-likeness (QED) is 0.662. The van der Waals surface area contributed by atoms with Crippen LogP contribution in [0, 0.1) is 5.82 Å². The lowest BCUT2D eigenvalue weighted by Crippen LogP contribution is -2.29. The molecule has 1 aliphatic rings. The average molecular weight is 193 g/mol. The molecular formula is C12H16FN. The van der Waals surface area contributed by atoms with Gasteiger partial charge >= 0.3 is 0 Å². The fourth-order valence-corrected chi connectivity index (χ4v) is 2.13. The highest BCUT2D eigenvalue weighted by molar-refractivity contribution is 5.22. The Morgan fingerprint density at radius 3 is 2.50 bits per heavy atom. The molecule has 0 aliphatic carbocycles. The third-order valence-corrected chi connectivity index (χ3v) is 3.06. The summed E-state index contributed by atoms with van der Waals surface area (Å²) in [5, 5.41) is 0. The van der Waals surface area contributed by atoms with Gasteiger partial charge in [0.15, 0.2) is 0 Å². The van der Waals surface area contributed by atoms with Crippen LogP contribution in [0.5, 0.6) is 0 Å². The van der Waals surface area contributed by atoms with E-state index in [1.807, 2.05) is 12.1 Å². The van der Waals surface area contributed by atoms with Crippen molar-refractivity contribution >= 4 is 0 Å². The number of halogens is 1. The van der Waals surface area contributed by atoms with Crippen molar-refractivity contribution in [1.29, 1.82) is 0 Å². The van der Waals surface area contributed by atoms with Gasteiger partial charge in [0.05, 0.1) is 0 Å². The van der Waals surface area contributed by atoms with Crippen LogP contribution in [0.3, 0.4) is 0 Å². The van der Waals surface area contributed by atoms with E-state index in [0.717, 1.165) is 31.5 Å². The van der Waals surface area contributed by atoms with Gasteiger partial charge in [-0.15, -0.1) is 0 Å². The molecule has 2 heteroatoms. The first-order chi connectivity index (χ1) is 6.77. The normalized spacial score (nSPS) is 19.9. The molecular weight excluding hydrogens is 177 g/mol. The van der Waals surface area contributed by atoms with Gasteiger partial charge in [-0.3, -0.25) is 0 Å². The molecule has 14 heavy (non-hydrogen) atoms. The van der Waals surface area contributed by atoms with Crippen molar-refractivity contribution in [3.05, 3.63) is 35.6 Å². The molecule has 1 fully saturated rings. The minimum Gasteiger partial charge on any atom is -0.306 e.